The van der Waals surface area contributed by atoms with Gasteiger partial charge in [-0.3, -0.25) is 4.79 Å². The maximum absolute atomic E-state index is 14.0. The highest BCUT2D eigenvalue weighted by Crippen LogP contribution is 2.66. The fourth-order valence-corrected chi connectivity index (χ4v) is 9.63. The van der Waals surface area contributed by atoms with Crippen molar-refractivity contribution in [1.82, 2.24) is 9.80 Å². The van der Waals surface area contributed by atoms with Crippen LogP contribution in [0.1, 0.15) is 53.0 Å². The SMILES string of the molecule is CN(C(=O)/C=C/c1ccoc1)C1CCC2(O)C3Cc4ccc(O)c5c4C2(CCN3C(=O)OCC2c3ccccc3-c3ccccc32)C1O5. The Kier molecular flexibility index (Phi) is 6.37. The number of benzene rings is 3. The Balaban J connectivity index is 1.02. The molecule has 5 aliphatic rings. The summed E-state index contributed by atoms with van der Waals surface area (Å²) in [5.74, 6) is 0.128. The van der Waals surface area contributed by atoms with Gasteiger partial charge in [-0.05, 0) is 71.7 Å². The number of nitrogens with zero attached hydrogens (tertiary/aromatic N) is 2. The minimum absolute atomic E-state index is 0.0184. The van der Waals surface area contributed by atoms with E-state index in [0.29, 0.717) is 38.0 Å². The molecule has 9 heteroatoms. The Labute approximate surface area is 278 Å². The molecule has 2 amide bonds. The maximum Gasteiger partial charge on any atom is 0.410 e. The van der Waals surface area contributed by atoms with E-state index in [1.807, 2.05) is 30.3 Å². The summed E-state index contributed by atoms with van der Waals surface area (Å²) in [5.41, 5.74) is 4.89. The molecule has 5 unspecified atom stereocenters. The summed E-state index contributed by atoms with van der Waals surface area (Å²) in [6.45, 7) is 0.546. The molecule has 244 valence electrons. The number of carbonyl (C=O) groups is 2. The quantitative estimate of drug-likeness (QED) is 0.271. The van der Waals surface area contributed by atoms with Gasteiger partial charge >= 0.3 is 6.09 Å². The normalized spacial score (nSPS) is 27.6. The first kappa shape index (κ1) is 29.1. The zero-order valence-electron chi connectivity index (χ0n) is 26.5. The Morgan fingerprint density at radius 2 is 1.79 bits per heavy atom. The van der Waals surface area contributed by atoms with Crippen LogP contribution in [-0.2, 0) is 21.4 Å². The standard InChI is InChI=1S/C39H36N2O7/c1-40(33(43)13-10-23-15-19-46-21-23)30-14-16-39(45)32-20-24-11-12-31(42)35-34(24)38(39,36(30)48-35)17-18-41(32)37(44)47-22-29-27-8-4-2-6-25(27)26-7-3-5-9-28(26)29/h2-13,15,19,21,29-30,32,36,42,45H,14,16-18,20,22H2,1H3/b13-10+. The van der Waals surface area contributed by atoms with Crippen LogP contribution in [-0.4, -0.2) is 76.0 Å². The first-order chi connectivity index (χ1) is 23.3. The third-order valence-electron chi connectivity index (χ3n) is 11.8. The number of likely N-dealkylation sites (N-methyl/N-ethyl adjacent to an activating group) is 1. The minimum Gasteiger partial charge on any atom is -0.504 e. The van der Waals surface area contributed by atoms with Gasteiger partial charge in [0.1, 0.15) is 12.7 Å². The number of piperidine rings is 1. The van der Waals surface area contributed by atoms with E-state index >= 15 is 0 Å². The fourth-order valence-electron chi connectivity index (χ4n) is 9.63. The van der Waals surface area contributed by atoms with Crippen LogP contribution in [0.2, 0.25) is 0 Å². The van der Waals surface area contributed by atoms with Crippen molar-refractivity contribution in [3.8, 4) is 22.6 Å². The lowest BCUT2D eigenvalue weighted by Crippen LogP contribution is -2.78. The third kappa shape index (κ3) is 3.88. The number of aromatic hydroxyl groups is 1. The first-order valence-electron chi connectivity index (χ1n) is 16.6. The molecule has 1 aromatic heterocycles. The third-order valence-corrected chi connectivity index (χ3v) is 11.8. The predicted molar refractivity (Wildman–Crippen MR) is 177 cm³/mol. The van der Waals surface area contributed by atoms with E-state index in [-0.39, 0.29) is 30.2 Å². The van der Waals surface area contributed by atoms with Crippen LogP contribution in [0.4, 0.5) is 4.79 Å². The van der Waals surface area contributed by atoms with Crippen LogP contribution >= 0.6 is 0 Å². The second-order valence-corrected chi connectivity index (χ2v) is 13.8. The predicted octanol–water partition coefficient (Wildman–Crippen LogP) is 5.63. The number of furan rings is 1. The van der Waals surface area contributed by atoms with Crippen molar-refractivity contribution in [1.29, 1.82) is 0 Å². The Bertz CT molecular complexity index is 1940. The summed E-state index contributed by atoms with van der Waals surface area (Å²) in [7, 11) is 1.76. The van der Waals surface area contributed by atoms with E-state index in [2.05, 4.69) is 24.3 Å². The molecule has 3 heterocycles. The number of rotatable bonds is 5. The number of likely N-dealkylation sites (tertiary alicyclic amines) is 1. The van der Waals surface area contributed by atoms with Crippen LogP contribution in [0.3, 0.4) is 0 Å². The van der Waals surface area contributed by atoms with Crippen molar-refractivity contribution < 1.29 is 33.7 Å². The minimum atomic E-state index is -1.35. The van der Waals surface area contributed by atoms with Gasteiger partial charge in [0, 0.05) is 36.7 Å². The van der Waals surface area contributed by atoms with Gasteiger partial charge in [-0.2, -0.15) is 0 Å². The fraction of sp³-hybridized carbons (Fsp3) is 0.333. The molecule has 2 N–H and O–H groups in total. The first-order valence-corrected chi connectivity index (χ1v) is 16.6. The van der Waals surface area contributed by atoms with Crippen molar-refractivity contribution in [2.45, 2.75) is 60.8 Å². The number of ether oxygens (including phenoxy) is 2. The lowest BCUT2D eigenvalue weighted by molar-refractivity contribution is -0.194. The second kappa shape index (κ2) is 10.5. The molecule has 3 aliphatic carbocycles. The molecular formula is C39H36N2O7. The van der Waals surface area contributed by atoms with Crippen molar-refractivity contribution >= 4 is 18.1 Å². The molecule has 9 nitrogen and oxygen atoms in total. The molecule has 5 atom stereocenters. The summed E-state index contributed by atoms with van der Waals surface area (Å²) in [6.07, 6.45) is 6.92. The number of fused-ring (bicyclic) bond motifs is 3. The van der Waals surface area contributed by atoms with E-state index in [1.165, 1.54) is 6.08 Å². The molecule has 1 saturated heterocycles. The largest absolute Gasteiger partial charge is 0.504 e. The van der Waals surface area contributed by atoms with E-state index in [1.54, 1.807) is 47.6 Å². The van der Waals surface area contributed by atoms with Crippen LogP contribution in [0.25, 0.3) is 17.2 Å². The molecule has 1 saturated carbocycles. The summed E-state index contributed by atoms with van der Waals surface area (Å²) in [4.78, 5) is 30.9. The van der Waals surface area contributed by atoms with E-state index < -0.39 is 29.3 Å². The van der Waals surface area contributed by atoms with Gasteiger partial charge in [0.25, 0.3) is 0 Å². The zero-order valence-corrected chi connectivity index (χ0v) is 26.5. The topological polar surface area (TPSA) is 113 Å². The van der Waals surface area contributed by atoms with Gasteiger partial charge in [-0.15, -0.1) is 0 Å². The molecular weight excluding hydrogens is 608 g/mol. The van der Waals surface area contributed by atoms with Crippen molar-refractivity contribution in [3.05, 3.63) is 113 Å². The van der Waals surface area contributed by atoms with Crippen LogP contribution < -0.4 is 4.74 Å². The molecule has 9 rings (SSSR count). The summed E-state index contributed by atoms with van der Waals surface area (Å²) >= 11 is 0. The number of aliphatic hydroxyl groups is 1. The Hall–Kier alpha value is -5.02. The number of hydrogen-bond donors (Lipinski definition) is 2. The summed E-state index contributed by atoms with van der Waals surface area (Å²) < 4.78 is 17.9. The van der Waals surface area contributed by atoms with Crippen molar-refractivity contribution in [2.24, 2.45) is 0 Å². The second-order valence-electron chi connectivity index (χ2n) is 13.8. The van der Waals surface area contributed by atoms with Gasteiger partial charge in [0.2, 0.25) is 5.91 Å². The maximum atomic E-state index is 14.0. The van der Waals surface area contributed by atoms with Crippen LogP contribution in [0.5, 0.6) is 11.5 Å². The molecule has 2 aliphatic heterocycles. The van der Waals surface area contributed by atoms with Gasteiger partial charge in [0.15, 0.2) is 11.5 Å². The summed E-state index contributed by atoms with van der Waals surface area (Å²) in [5, 5.41) is 23.9. The van der Waals surface area contributed by atoms with Gasteiger partial charge in [-0.1, -0.05) is 54.6 Å². The monoisotopic (exact) mass is 644 g/mol. The van der Waals surface area contributed by atoms with Crippen LogP contribution in [0.15, 0.2) is 89.7 Å². The molecule has 3 aromatic carbocycles. The van der Waals surface area contributed by atoms with Crippen molar-refractivity contribution in [3.63, 3.8) is 0 Å². The number of hydrogen-bond acceptors (Lipinski definition) is 7. The lowest BCUT2D eigenvalue weighted by Gasteiger charge is -2.64. The molecule has 1 spiro atoms. The highest BCUT2D eigenvalue weighted by atomic mass is 16.6. The smallest absolute Gasteiger partial charge is 0.410 e. The number of carbonyl (C=O) groups excluding carboxylic acids is 2. The van der Waals surface area contributed by atoms with E-state index in [0.717, 1.165) is 38.9 Å². The molecule has 2 fully saturated rings. The number of phenols is 1. The molecule has 2 bridgehead atoms. The Morgan fingerprint density at radius 3 is 2.52 bits per heavy atom. The zero-order chi connectivity index (χ0) is 32.8. The van der Waals surface area contributed by atoms with Gasteiger partial charge < -0.3 is 33.9 Å². The highest BCUT2D eigenvalue weighted by Gasteiger charge is 2.74. The summed E-state index contributed by atoms with van der Waals surface area (Å²) in [6, 6.07) is 20.8. The van der Waals surface area contributed by atoms with E-state index in [4.69, 9.17) is 13.9 Å². The average molecular weight is 645 g/mol. The number of amides is 2. The average Bonchev–Trinajstić information content (AvgIpc) is 3.82. The molecule has 4 aromatic rings. The Morgan fingerprint density at radius 1 is 1.04 bits per heavy atom. The van der Waals surface area contributed by atoms with Gasteiger partial charge in [0.05, 0.1) is 35.6 Å². The van der Waals surface area contributed by atoms with E-state index in [9.17, 15) is 19.8 Å². The molecule has 0 radical (unpaired) electrons. The van der Waals surface area contributed by atoms with Gasteiger partial charge in [-0.25, -0.2) is 4.79 Å². The number of phenolic OH excluding ortho intramolecular Hbond substituents is 1. The van der Waals surface area contributed by atoms with Crippen molar-refractivity contribution in [2.75, 3.05) is 20.2 Å². The lowest BCUT2D eigenvalue weighted by atomic mass is 9.48. The van der Waals surface area contributed by atoms with Crippen LogP contribution in [0, 0.1) is 0 Å². The molecule has 48 heavy (non-hydrogen) atoms. The highest BCUT2D eigenvalue weighted by molar-refractivity contribution is 5.92.